The molecule has 2 aliphatic rings. The standard InChI is InChI=1S/C18H26N2O3/c1-22-12-5-15-6-13-23-18(14-15)7-10-20(11-8-18)17(21)16-4-2-3-9-19-16/h2-4,9,15H,5-8,10-14H2,1H3. The molecule has 2 saturated heterocycles. The van der Waals surface area contributed by atoms with Gasteiger partial charge >= 0.3 is 0 Å². The maximum atomic E-state index is 12.5. The monoisotopic (exact) mass is 318 g/mol. The van der Waals surface area contributed by atoms with E-state index in [-0.39, 0.29) is 11.5 Å². The molecule has 1 atom stereocenters. The molecule has 5 heteroatoms. The zero-order valence-electron chi connectivity index (χ0n) is 13.9. The highest BCUT2D eigenvalue weighted by Gasteiger charge is 2.41. The molecule has 3 rings (SSSR count). The fourth-order valence-electron chi connectivity index (χ4n) is 3.78. The number of rotatable bonds is 4. The Balaban J connectivity index is 1.56. The molecule has 5 nitrogen and oxygen atoms in total. The molecule has 1 spiro atoms. The molecule has 0 saturated carbocycles. The lowest BCUT2D eigenvalue weighted by atomic mass is 9.78. The van der Waals surface area contributed by atoms with Gasteiger partial charge in [0.25, 0.3) is 5.91 Å². The van der Waals surface area contributed by atoms with E-state index in [9.17, 15) is 4.79 Å². The number of carbonyl (C=O) groups excluding carboxylic acids is 1. The fourth-order valence-corrected chi connectivity index (χ4v) is 3.78. The van der Waals surface area contributed by atoms with E-state index < -0.39 is 0 Å². The van der Waals surface area contributed by atoms with Crippen molar-refractivity contribution in [3.05, 3.63) is 30.1 Å². The summed E-state index contributed by atoms with van der Waals surface area (Å²) in [6, 6.07) is 5.47. The van der Waals surface area contributed by atoms with Gasteiger partial charge in [0, 0.05) is 39.6 Å². The lowest BCUT2D eigenvalue weighted by Gasteiger charge is -2.46. The average molecular weight is 318 g/mol. The van der Waals surface area contributed by atoms with Crippen molar-refractivity contribution >= 4 is 5.91 Å². The topological polar surface area (TPSA) is 51.7 Å². The molecule has 0 aliphatic carbocycles. The van der Waals surface area contributed by atoms with Crippen LogP contribution in [-0.4, -0.2) is 54.8 Å². The first-order valence-electron chi connectivity index (χ1n) is 8.56. The summed E-state index contributed by atoms with van der Waals surface area (Å²) in [6.07, 6.45) is 6.86. The van der Waals surface area contributed by atoms with E-state index in [2.05, 4.69) is 4.98 Å². The third-order valence-electron chi connectivity index (χ3n) is 5.17. The maximum Gasteiger partial charge on any atom is 0.272 e. The Morgan fingerprint density at radius 2 is 2.26 bits per heavy atom. The number of likely N-dealkylation sites (tertiary alicyclic amines) is 1. The highest BCUT2D eigenvalue weighted by atomic mass is 16.5. The molecule has 1 unspecified atom stereocenters. The largest absolute Gasteiger partial charge is 0.385 e. The summed E-state index contributed by atoms with van der Waals surface area (Å²) in [5, 5.41) is 0. The molecule has 1 amide bonds. The van der Waals surface area contributed by atoms with Crippen LogP contribution in [0.15, 0.2) is 24.4 Å². The van der Waals surface area contributed by atoms with Gasteiger partial charge in [-0.3, -0.25) is 9.78 Å². The van der Waals surface area contributed by atoms with Crippen LogP contribution >= 0.6 is 0 Å². The summed E-state index contributed by atoms with van der Waals surface area (Å²) in [7, 11) is 1.76. The predicted octanol–water partition coefficient (Wildman–Crippen LogP) is 2.52. The first-order chi connectivity index (χ1) is 11.2. The van der Waals surface area contributed by atoms with E-state index in [1.807, 2.05) is 17.0 Å². The zero-order chi connectivity index (χ0) is 16.1. The molecule has 3 heterocycles. The van der Waals surface area contributed by atoms with Crippen molar-refractivity contribution in [1.82, 2.24) is 9.88 Å². The number of aromatic nitrogens is 1. The molecule has 2 fully saturated rings. The predicted molar refractivity (Wildman–Crippen MR) is 87.3 cm³/mol. The minimum Gasteiger partial charge on any atom is -0.385 e. The molecule has 1 aromatic rings. The Bertz CT molecular complexity index is 512. The third kappa shape index (κ3) is 3.90. The highest BCUT2D eigenvalue weighted by Crippen LogP contribution is 2.38. The van der Waals surface area contributed by atoms with Gasteiger partial charge in [-0.15, -0.1) is 0 Å². The molecule has 0 aromatic carbocycles. The van der Waals surface area contributed by atoms with Gasteiger partial charge in [0.2, 0.25) is 0 Å². The number of ether oxygens (including phenoxy) is 2. The van der Waals surface area contributed by atoms with Crippen LogP contribution in [0.1, 0.15) is 42.6 Å². The van der Waals surface area contributed by atoms with Gasteiger partial charge < -0.3 is 14.4 Å². The second-order valence-corrected chi connectivity index (χ2v) is 6.68. The molecular weight excluding hydrogens is 292 g/mol. The number of methoxy groups -OCH3 is 1. The molecular formula is C18H26N2O3. The van der Waals surface area contributed by atoms with Crippen molar-refractivity contribution in [3.8, 4) is 0 Å². The van der Waals surface area contributed by atoms with E-state index in [0.717, 1.165) is 58.4 Å². The number of amides is 1. The van der Waals surface area contributed by atoms with Crippen molar-refractivity contribution in [1.29, 1.82) is 0 Å². The minimum absolute atomic E-state index is 0.0302. The molecule has 0 radical (unpaired) electrons. The van der Waals surface area contributed by atoms with Crippen molar-refractivity contribution in [3.63, 3.8) is 0 Å². The van der Waals surface area contributed by atoms with Gasteiger partial charge in [-0.05, 0) is 50.2 Å². The van der Waals surface area contributed by atoms with Gasteiger partial charge in [0.15, 0.2) is 0 Å². The van der Waals surface area contributed by atoms with Crippen LogP contribution in [0.25, 0.3) is 0 Å². The van der Waals surface area contributed by atoms with Crippen LogP contribution in [0.2, 0.25) is 0 Å². The van der Waals surface area contributed by atoms with E-state index in [1.54, 1.807) is 19.4 Å². The lowest BCUT2D eigenvalue weighted by Crippen LogP contribution is -2.51. The molecule has 126 valence electrons. The van der Waals surface area contributed by atoms with Crippen LogP contribution < -0.4 is 0 Å². The fraction of sp³-hybridized carbons (Fsp3) is 0.667. The molecule has 2 aliphatic heterocycles. The summed E-state index contributed by atoms with van der Waals surface area (Å²) < 4.78 is 11.4. The average Bonchev–Trinajstić information content (AvgIpc) is 2.61. The first kappa shape index (κ1) is 16.4. The van der Waals surface area contributed by atoms with E-state index in [1.165, 1.54) is 0 Å². The van der Waals surface area contributed by atoms with Crippen molar-refractivity contribution in [2.24, 2.45) is 5.92 Å². The van der Waals surface area contributed by atoms with E-state index in [4.69, 9.17) is 9.47 Å². The van der Waals surface area contributed by atoms with E-state index >= 15 is 0 Å². The molecule has 1 aromatic heterocycles. The number of hydrogen-bond donors (Lipinski definition) is 0. The van der Waals surface area contributed by atoms with Crippen LogP contribution in [0.4, 0.5) is 0 Å². The van der Waals surface area contributed by atoms with Crippen LogP contribution in [-0.2, 0) is 9.47 Å². The molecule has 0 bridgehead atoms. The van der Waals surface area contributed by atoms with Gasteiger partial charge in [-0.2, -0.15) is 0 Å². The van der Waals surface area contributed by atoms with Crippen LogP contribution in [0.5, 0.6) is 0 Å². The first-order valence-corrected chi connectivity index (χ1v) is 8.56. The summed E-state index contributed by atoms with van der Waals surface area (Å²) in [4.78, 5) is 18.6. The smallest absolute Gasteiger partial charge is 0.272 e. The number of hydrogen-bond acceptors (Lipinski definition) is 4. The Hall–Kier alpha value is -1.46. The van der Waals surface area contributed by atoms with Gasteiger partial charge in [0.05, 0.1) is 5.60 Å². The van der Waals surface area contributed by atoms with Crippen LogP contribution in [0.3, 0.4) is 0 Å². The minimum atomic E-state index is -0.0302. The molecule has 0 N–H and O–H groups in total. The highest BCUT2D eigenvalue weighted by molar-refractivity contribution is 5.92. The third-order valence-corrected chi connectivity index (χ3v) is 5.17. The van der Waals surface area contributed by atoms with Crippen molar-refractivity contribution in [2.45, 2.75) is 37.7 Å². The number of pyridine rings is 1. The summed E-state index contributed by atoms with van der Waals surface area (Å²) in [6.45, 7) is 3.17. The molecule has 23 heavy (non-hydrogen) atoms. The summed E-state index contributed by atoms with van der Waals surface area (Å²) in [5.74, 6) is 0.717. The second-order valence-electron chi connectivity index (χ2n) is 6.68. The Kier molecular flexibility index (Phi) is 5.28. The van der Waals surface area contributed by atoms with Crippen LogP contribution in [0, 0.1) is 5.92 Å². The SMILES string of the molecule is COCCC1CCOC2(CCN(C(=O)c3ccccn3)CC2)C1. The number of piperidine rings is 1. The zero-order valence-corrected chi connectivity index (χ0v) is 13.9. The summed E-state index contributed by atoms with van der Waals surface area (Å²) >= 11 is 0. The van der Waals surface area contributed by atoms with Gasteiger partial charge in [-0.25, -0.2) is 0 Å². The number of nitrogens with zero attached hydrogens (tertiary/aromatic N) is 2. The Morgan fingerprint density at radius 3 is 2.96 bits per heavy atom. The summed E-state index contributed by atoms with van der Waals surface area (Å²) in [5.41, 5.74) is 0.503. The van der Waals surface area contributed by atoms with Gasteiger partial charge in [-0.1, -0.05) is 6.07 Å². The van der Waals surface area contributed by atoms with Crippen molar-refractivity contribution in [2.75, 3.05) is 33.4 Å². The maximum absolute atomic E-state index is 12.5. The van der Waals surface area contributed by atoms with Crippen molar-refractivity contribution < 1.29 is 14.3 Å². The normalized spacial score (nSPS) is 23.9. The number of carbonyl (C=O) groups is 1. The van der Waals surface area contributed by atoms with Gasteiger partial charge in [0.1, 0.15) is 5.69 Å². The quantitative estimate of drug-likeness (QED) is 0.856. The second kappa shape index (κ2) is 7.41. The Labute approximate surface area is 138 Å². The van der Waals surface area contributed by atoms with E-state index in [0.29, 0.717) is 11.6 Å². The lowest BCUT2D eigenvalue weighted by molar-refractivity contribution is -0.125. The Morgan fingerprint density at radius 1 is 1.43 bits per heavy atom.